The van der Waals surface area contributed by atoms with Gasteiger partial charge in [-0.3, -0.25) is 9.69 Å². The van der Waals surface area contributed by atoms with Crippen molar-refractivity contribution in [3.63, 3.8) is 0 Å². The molecular formula is C17H29N5OS. The van der Waals surface area contributed by atoms with Gasteiger partial charge in [0.05, 0.1) is 12.3 Å². The Morgan fingerprint density at radius 1 is 1.42 bits per heavy atom. The van der Waals surface area contributed by atoms with Gasteiger partial charge >= 0.3 is 0 Å². The topological polar surface area (TPSA) is 44.6 Å². The van der Waals surface area contributed by atoms with Crippen LogP contribution in [0.1, 0.15) is 5.82 Å². The average molecular weight is 352 g/mol. The van der Waals surface area contributed by atoms with E-state index in [2.05, 4.69) is 45.4 Å². The van der Waals surface area contributed by atoms with Crippen LogP contribution in [0.2, 0.25) is 0 Å². The third-order valence-corrected chi connectivity index (χ3v) is 5.90. The number of imidazole rings is 1. The lowest BCUT2D eigenvalue weighted by molar-refractivity contribution is -0.128. The molecule has 2 fully saturated rings. The summed E-state index contributed by atoms with van der Waals surface area (Å²) in [6, 6.07) is 0. The first-order valence-corrected chi connectivity index (χ1v) is 9.93. The summed E-state index contributed by atoms with van der Waals surface area (Å²) in [7, 11) is 6.33. The number of likely N-dealkylation sites (tertiary alicyclic amines) is 2. The molecule has 0 bridgehead atoms. The van der Waals surface area contributed by atoms with Crippen LogP contribution in [0.4, 0.5) is 0 Å². The molecule has 3 rings (SSSR count). The predicted octanol–water partition coefficient (Wildman–Crippen LogP) is 0.605. The summed E-state index contributed by atoms with van der Waals surface area (Å²) in [5.74, 6) is 2.57. The summed E-state index contributed by atoms with van der Waals surface area (Å²) < 4.78 is 2.10. The molecule has 1 aromatic rings. The van der Waals surface area contributed by atoms with Crippen molar-refractivity contribution in [2.45, 2.75) is 6.54 Å². The van der Waals surface area contributed by atoms with Gasteiger partial charge in [0.2, 0.25) is 5.91 Å². The second kappa shape index (κ2) is 7.06. The van der Waals surface area contributed by atoms with Gasteiger partial charge in [-0.05, 0) is 26.3 Å². The van der Waals surface area contributed by atoms with E-state index in [1.807, 2.05) is 18.6 Å². The number of aryl methyl sites for hydroxylation is 1. The molecule has 24 heavy (non-hydrogen) atoms. The lowest BCUT2D eigenvalue weighted by Crippen LogP contribution is -2.43. The van der Waals surface area contributed by atoms with Crippen LogP contribution in [0.25, 0.3) is 0 Å². The maximum absolute atomic E-state index is 12.4. The van der Waals surface area contributed by atoms with Crippen molar-refractivity contribution in [1.29, 1.82) is 0 Å². The zero-order valence-corrected chi connectivity index (χ0v) is 16.1. The highest BCUT2D eigenvalue weighted by molar-refractivity contribution is 7.99. The number of aromatic nitrogens is 2. The summed E-state index contributed by atoms with van der Waals surface area (Å²) in [4.78, 5) is 23.7. The van der Waals surface area contributed by atoms with Crippen LogP contribution in [-0.2, 0) is 18.4 Å². The number of fused-ring (bicyclic) bond motifs is 1. The van der Waals surface area contributed by atoms with Gasteiger partial charge in [-0.1, -0.05) is 0 Å². The normalized spacial score (nSPS) is 27.2. The van der Waals surface area contributed by atoms with Gasteiger partial charge < -0.3 is 14.4 Å². The van der Waals surface area contributed by atoms with Crippen molar-refractivity contribution in [1.82, 2.24) is 24.3 Å². The van der Waals surface area contributed by atoms with Crippen molar-refractivity contribution < 1.29 is 4.79 Å². The van der Waals surface area contributed by atoms with Crippen molar-refractivity contribution >= 4 is 17.7 Å². The summed E-state index contributed by atoms with van der Waals surface area (Å²) in [6.07, 6.45) is 5.87. The second-order valence-electron chi connectivity index (χ2n) is 7.63. The van der Waals surface area contributed by atoms with E-state index in [-0.39, 0.29) is 5.41 Å². The number of amides is 1. The lowest BCUT2D eigenvalue weighted by Gasteiger charge is -2.32. The van der Waals surface area contributed by atoms with Gasteiger partial charge in [-0.2, -0.15) is 11.8 Å². The molecule has 0 aromatic carbocycles. The Hall–Kier alpha value is -1.05. The minimum Gasteiger partial charge on any atom is -0.341 e. The molecule has 0 radical (unpaired) electrons. The molecule has 0 N–H and O–H groups in total. The number of carbonyl (C=O) groups is 1. The SMILES string of the molecule is CSCC(=O)N1CC2CN(Cc3nccn3C)CC2(CN(C)C)C1. The highest BCUT2D eigenvalue weighted by Gasteiger charge is 2.53. The first-order chi connectivity index (χ1) is 11.4. The molecule has 2 saturated heterocycles. The van der Waals surface area contributed by atoms with Crippen molar-refractivity contribution in [2.75, 3.05) is 58.8 Å². The standard InChI is InChI=1S/C17H29N5OS/c1-19(2)11-17-12-21(9-15-18-5-6-20(15)3)7-14(17)8-22(13-17)16(23)10-24-4/h5-6,14H,7-13H2,1-4H3. The van der Waals surface area contributed by atoms with Crippen LogP contribution in [0, 0.1) is 11.3 Å². The summed E-state index contributed by atoms with van der Waals surface area (Å²) in [5.41, 5.74) is 0.197. The molecule has 3 heterocycles. The zero-order valence-electron chi connectivity index (χ0n) is 15.2. The fraction of sp³-hybridized carbons (Fsp3) is 0.765. The third-order valence-electron chi connectivity index (χ3n) is 5.37. The van der Waals surface area contributed by atoms with Crippen LogP contribution in [0.5, 0.6) is 0 Å². The molecule has 2 atom stereocenters. The predicted molar refractivity (Wildman–Crippen MR) is 97.9 cm³/mol. The monoisotopic (exact) mass is 351 g/mol. The Balaban J connectivity index is 1.71. The van der Waals surface area contributed by atoms with E-state index in [4.69, 9.17) is 0 Å². The first kappa shape index (κ1) is 17.8. The van der Waals surface area contributed by atoms with Gasteiger partial charge in [0.1, 0.15) is 5.82 Å². The number of hydrogen-bond acceptors (Lipinski definition) is 5. The maximum Gasteiger partial charge on any atom is 0.232 e. The Kier molecular flexibility index (Phi) is 5.22. The lowest BCUT2D eigenvalue weighted by atomic mass is 9.80. The van der Waals surface area contributed by atoms with E-state index in [9.17, 15) is 4.79 Å². The molecule has 0 aliphatic carbocycles. The number of rotatable bonds is 6. The number of thioether (sulfide) groups is 1. The minimum absolute atomic E-state index is 0.197. The number of nitrogens with zero attached hydrogens (tertiary/aromatic N) is 5. The Morgan fingerprint density at radius 3 is 2.83 bits per heavy atom. The third kappa shape index (κ3) is 3.48. The van der Waals surface area contributed by atoms with Gasteiger partial charge in [-0.15, -0.1) is 0 Å². The van der Waals surface area contributed by atoms with Crippen LogP contribution in [0.15, 0.2) is 12.4 Å². The molecule has 7 heteroatoms. The largest absolute Gasteiger partial charge is 0.341 e. The quantitative estimate of drug-likeness (QED) is 0.751. The Bertz CT molecular complexity index is 589. The van der Waals surface area contributed by atoms with E-state index in [0.717, 1.165) is 45.1 Å². The Labute approximate surface area is 149 Å². The van der Waals surface area contributed by atoms with Gasteiger partial charge in [0.25, 0.3) is 0 Å². The van der Waals surface area contributed by atoms with Crippen LogP contribution in [-0.4, -0.2) is 89.0 Å². The fourth-order valence-electron chi connectivity index (χ4n) is 4.42. The maximum atomic E-state index is 12.4. The van der Waals surface area contributed by atoms with Gasteiger partial charge in [0.15, 0.2) is 0 Å². The molecule has 6 nitrogen and oxygen atoms in total. The smallest absolute Gasteiger partial charge is 0.232 e. The van der Waals surface area contributed by atoms with Gasteiger partial charge in [0, 0.05) is 57.6 Å². The molecule has 2 unspecified atom stereocenters. The molecule has 2 aliphatic heterocycles. The number of carbonyl (C=O) groups excluding carboxylic acids is 1. The van der Waals surface area contributed by atoms with Crippen molar-refractivity contribution in [2.24, 2.45) is 18.4 Å². The van der Waals surface area contributed by atoms with Crippen molar-refractivity contribution in [3.05, 3.63) is 18.2 Å². The molecule has 1 amide bonds. The van der Waals surface area contributed by atoms with Crippen LogP contribution < -0.4 is 0 Å². The molecule has 1 aromatic heterocycles. The molecular weight excluding hydrogens is 322 g/mol. The number of hydrogen-bond donors (Lipinski definition) is 0. The zero-order chi connectivity index (χ0) is 17.3. The fourth-order valence-corrected chi connectivity index (χ4v) is 4.85. The highest BCUT2D eigenvalue weighted by Crippen LogP contribution is 2.43. The first-order valence-electron chi connectivity index (χ1n) is 8.53. The van der Waals surface area contributed by atoms with E-state index >= 15 is 0 Å². The summed E-state index contributed by atoms with van der Waals surface area (Å²) >= 11 is 1.62. The summed E-state index contributed by atoms with van der Waals surface area (Å²) in [5, 5.41) is 0. The van der Waals surface area contributed by atoms with Crippen LogP contribution >= 0.6 is 11.8 Å². The second-order valence-corrected chi connectivity index (χ2v) is 8.49. The molecule has 2 aliphatic rings. The molecule has 134 valence electrons. The molecule has 0 spiro atoms. The van der Waals surface area contributed by atoms with Crippen LogP contribution in [0.3, 0.4) is 0 Å². The Morgan fingerprint density at radius 2 is 2.21 bits per heavy atom. The average Bonchev–Trinajstić information content (AvgIpc) is 3.12. The van der Waals surface area contributed by atoms with E-state index in [1.54, 1.807) is 11.8 Å². The highest BCUT2D eigenvalue weighted by atomic mass is 32.2. The van der Waals surface area contributed by atoms with Gasteiger partial charge in [-0.25, -0.2) is 4.98 Å². The van der Waals surface area contributed by atoms with Crippen molar-refractivity contribution in [3.8, 4) is 0 Å². The van der Waals surface area contributed by atoms with E-state index < -0.39 is 0 Å². The van der Waals surface area contributed by atoms with E-state index in [0.29, 0.717) is 17.6 Å². The summed E-state index contributed by atoms with van der Waals surface area (Å²) in [6.45, 7) is 5.85. The molecule has 0 saturated carbocycles. The minimum atomic E-state index is 0.197. The van der Waals surface area contributed by atoms with E-state index in [1.165, 1.54) is 0 Å².